The number of urea groups is 1. The lowest BCUT2D eigenvalue weighted by Crippen LogP contribution is -2.59. The fourth-order valence-corrected chi connectivity index (χ4v) is 7.10. The number of aliphatic hydroxyl groups excluding tert-OH is 1. The molecule has 1 heterocycles. The second-order valence-electron chi connectivity index (χ2n) is 11.8. The maximum absolute atomic E-state index is 13.5. The Morgan fingerprint density at radius 2 is 1.83 bits per heavy atom. The molecule has 3 N–H and O–H groups in total. The van der Waals surface area contributed by atoms with Crippen LogP contribution in [0.4, 0.5) is 14.9 Å². The van der Waals surface area contributed by atoms with Crippen LogP contribution in [-0.4, -0.2) is 47.2 Å². The maximum Gasteiger partial charge on any atom is 0.319 e. The molecule has 7 heteroatoms. The number of amides is 3. The van der Waals surface area contributed by atoms with Gasteiger partial charge in [-0.3, -0.25) is 4.79 Å². The van der Waals surface area contributed by atoms with E-state index in [9.17, 15) is 19.1 Å². The van der Waals surface area contributed by atoms with Crippen LogP contribution in [0.5, 0.6) is 0 Å². The lowest BCUT2D eigenvalue weighted by Gasteiger charge is -2.56. The number of hydrogen-bond acceptors (Lipinski definition) is 3. The minimum Gasteiger partial charge on any atom is -0.392 e. The third-order valence-corrected chi connectivity index (χ3v) is 9.41. The molecule has 1 aromatic carbocycles. The third-order valence-electron chi connectivity index (χ3n) is 9.41. The van der Waals surface area contributed by atoms with Crippen molar-refractivity contribution in [2.24, 2.45) is 35.0 Å². The van der Waals surface area contributed by atoms with E-state index < -0.39 is 11.9 Å². The minimum atomic E-state index is -0.581. The number of hydrogen-bond donors (Lipinski definition) is 3. The lowest BCUT2D eigenvalue weighted by atomic mass is 9.51. The normalized spacial score (nSPS) is 34.6. The molecule has 35 heavy (non-hydrogen) atoms. The molecule has 7 unspecified atom stereocenters. The van der Waals surface area contributed by atoms with E-state index >= 15 is 0 Å². The highest BCUT2D eigenvalue weighted by molar-refractivity contribution is 5.89. The van der Waals surface area contributed by atoms with E-state index in [0.717, 1.165) is 51.6 Å². The molecule has 0 aromatic heterocycles. The number of benzene rings is 1. The van der Waals surface area contributed by atoms with E-state index in [4.69, 9.17) is 0 Å². The van der Waals surface area contributed by atoms with Crippen molar-refractivity contribution >= 4 is 17.6 Å². The summed E-state index contributed by atoms with van der Waals surface area (Å²) in [5.74, 6) is 0.234. The molecular weight excluding hydrogens is 445 g/mol. The Labute approximate surface area is 209 Å². The zero-order valence-corrected chi connectivity index (χ0v) is 21.6. The topological polar surface area (TPSA) is 81.7 Å². The quantitative estimate of drug-likeness (QED) is 0.557. The molecule has 3 aliphatic rings. The summed E-state index contributed by atoms with van der Waals surface area (Å²) in [6.07, 6.45) is 5.12. The average molecular weight is 488 g/mol. The second kappa shape index (κ2) is 10.5. The first-order valence-corrected chi connectivity index (χ1v) is 13.4. The Balaban J connectivity index is 1.42. The van der Waals surface area contributed by atoms with Crippen LogP contribution in [0.3, 0.4) is 0 Å². The van der Waals surface area contributed by atoms with Crippen LogP contribution in [-0.2, 0) is 4.79 Å². The molecule has 3 fully saturated rings. The summed E-state index contributed by atoms with van der Waals surface area (Å²) in [6.45, 7) is 10.2. The largest absolute Gasteiger partial charge is 0.392 e. The zero-order valence-electron chi connectivity index (χ0n) is 21.6. The van der Waals surface area contributed by atoms with Gasteiger partial charge in [-0.1, -0.05) is 33.8 Å². The van der Waals surface area contributed by atoms with Crippen LogP contribution in [0.25, 0.3) is 0 Å². The summed E-state index contributed by atoms with van der Waals surface area (Å²) in [7, 11) is 0. The molecule has 2 saturated carbocycles. The Morgan fingerprint density at radius 1 is 1.14 bits per heavy atom. The number of piperidine rings is 1. The first-order valence-electron chi connectivity index (χ1n) is 13.4. The molecule has 1 saturated heterocycles. The van der Waals surface area contributed by atoms with Crippen molar-refractivity contribution in [1.29, 1.82) is 0 Å². The van der Waals surface area contributed by atoms with E-state index in [-0.39, 0.29) is 47.1 Å². The Hall–Kier alpha value is -2.15. The van der Waals surface area contributed by atoms with E-state index in [1.54, 1.807) is 12.1 Å². The van der Waals surface area contributed by atoms with Crippen LogP contribution in [0, 0.1) is 40.8 Å². The van der Waals surface area contributed by atoms with Gasteiger partial charge in [-0.2, -0.15) is 0 Å². The highest BCUT2D eigenvalue weighted by Crippen LogP contribution is 2.55. The van der Waals surface area contributed by atoms with Gasteiger partial charge in [0.25, 0.3) is 0 Å². The average Bonchev–Trinajstić information content (AvgIpc) is 2.81. The zero-order chi connectivity index (χ0) is 25.3. The number of rotatable bonds is 4. The first kappa shape index (κ1) is 25.9. The summed E-state index contributed by atoms with van der Waals surface area (Å²) in [5.41, 5.74) is 0.406. The monoisotopic (exact) mass is 487 g/mol. The van der Waals surface area contributed by atoms with E-state index in [0.29, 0.717) is 11.6 Å². The molecule has 1 aliphatic heterocycles. The number of nitrogens with one attached hydrogen (secondary N) is 2. The van der Waals surface area contributed by atoms with Gasteiger partial charge in [0.15, 0.2) is 0 Å². The van der Waals surface area contributed by atoms with Crippen molar-refractivity contribution in [3.8, 4) is 0 Å². The Morgan fingerprint density at radius 3 is 2.51 bits per heavy atom. The van der Waals surface area contributed by atoms with Crippen molar-refractivity contribution in [2.45, 2.75) is 78.4 Å². The molecule has 4 rings (SSSR count). The number of carbonyl (C=O) groups excluding carboxylic acids is 2. The molecule has 6 nitrogen and oxygen atoms in total. The lowest BCUT2D eigenvalue weighted by molar-refractivity contribution is -0.151. The molecule has 0 radical (unpaired) electrons. The molecule has 0 spiro atoms. The number of carbonyl (C=O) groups is 2. The number of aliphatic hydroxyl groups is 1. The highest BCUT2D eigenvalue weighted by atomic mass is 19.1. The van der Waals surface area contributed by atoms with Crippen LogP contribution >= 0.6 is 0 Å². The predicted molar refractivity (Wildman–Crippen MR) is 135 cm³/mol. The predicted octanol–water partition coefficient (Wildman–Crippen LogP) is 5.03. The van der Waals surface area contributed by atoms with Crippen molar-refractivity contribution < 1.29 is 19.1 Å². The summed E-state index contributed by atoms with van der Waals surface area (Å²) >= 11 is 0. The van der Waals surface area contributed by atoms with Gasteiger partial charge in [-0.05, 0) is 85.8 Å². The SMILES string of the molecule is CC1CCN(C(=O)C(C)C2CCC3(C)CCC(NC(=O)Nc4cccc(F)c4)C(C)C3C2O)CC1. The van der Waals surface area contributed by atoms with Crippen LogP contribution in [0.2, 0.25) is 0 Å². The van der Waals surface area contributed by atoms with Gasteiger partial charge >= 0.3 is 6.03 Å². The second-order valence-corrected chi connectivity index (χ2v) is 11.8. The van der Waals surface area contributed by atoms with Gasteiger partial charge in [0.05, 0.1) is 6.10 Å². The summed E-state index contributed by atoms with van der Waals surface area (Å²) in [5, 5.41) is 17.4. The van der Waals surface area contributed by atoms with Gasteiger partial charge in [0.1, 0.15) is 5.82 Å². The summed E-state index contributed by atoms with van der Waals surface area (Å²) < 4.78 is 13.5. The first-order chi connectivity index (χ1) is 16.6. The number of fused-ring (bicyclic) bond motifs is 1. The maximum atomic E-state index is 13.5. The van der Waals surface area contributed by atoms with Gasteiger partial charge in [-0.15, -0.1) is 0 Å². The number of nitrogens with zero attached hydrogens (tertiary/aromatic N) is 1. The Kier molecular flexibility index (Phi) is 7.74. The molecular formula is C28H42FN3O3. The smallest absolute Gasteiger partial charge is 0.319 e. The van der Waals surface area contributed by atoms with Crippen LogP contribution < -0.4 is 10.6 Å². The fourth-order valence-electron chi connectivity index (χ4n) is 7.10. The van der Waals surface area contributed by atoms with Crippen LogP contribution in [0.15, 0.2) is 24.3 Å². The van der Waals surface area contributed by atoms with Crippen molar-refractivity contribution in [2.75, 3.05) is 18.4 Å². The van der Waals surface area contributed by atoms with E-state index in [1.807, 2.05) is 11.8 Å². The molecule has 2 aliphatic carbocycles. The molecule has 3 amide bonds. The number of halogens is 1. The fraction of sp³-hybridized carbons (Fsp3) is 0.714. The van der Waals surface area contributed by atoms with E-state index in [1.165, 1.54) is 12.1 Å². The third kappa shape index (κ3) is 5.50. The van der Waals surface area contributed by atoms with Crippen molar-refractivity contribution in [1.82, 2.24) is 10.2 Å². The number of likely N-dealkylation sites (tertiary alicyclic amines) is 1. The van der Waals surface area contributed by atoms with Gasteiger partial charge in [0, 0.05) is 30.7 Å². The molecule has 1 aromatic rings. The highest BCUT2D eigenvalue weighted by Gasteiger charge is 2.54. The van der Waals surface area contributed by atoms with Crippen molar-refractivity contribution in [3.63, 3.8) is 0 Å². The summed E-state index contributed by atoms with van der Waals surface area (Å²) in [4.78, 5) is 28.0. The standard InChI is InChI=1S/C28H42FN3O3/c1-17-10-14-32(15-11-17)26(34)18(2)22-8-12-28(4)13-9-23(19(3)24(28)25(22)33)31-27(35)30-21-7-5-6-20(29)16-21/h5-7,16-19,22-25,33H,8-15H2,1-4H3,(H2,30,31,35). The number of anilines is 1. The summed E-state index contributed by atoms with van der Waals surface area (Å²) in [6, 6.07) is 5.39. The minimum absolute atomic E-state index is 0.00410. The van der Waals surface area contributed by atoms with Crippen molar-refractivity contribution in [3.05, 3.63) is 30.1 Å². The molecule has 0 bridgehead atoms. The van der Waals surface area contributed by atoms with Gasteiger partial charge in [0.2, 0.25) is 5.91 Å². The van der Waals surface area contributed by atoms with Gasteiger partial charge < -0.3 is 20.6 Å². The Bertz CT molecular complexity index is 918. The molecule has 7 atom stereocenters. The van der Waals surface area contributed by atoms with Crippen LogP contribution in [0.1, 0.15) is 66.2 Å². The van der Waals surface area contributed by atoms with E-state index in [2.05, 4.69) is 31.4 Å². The molecule has 194 valence electrons. The van der Waals surface area contributed by atoms with Gasteiger partial charge in [-0.25, -0.2) is 9.18 Å².